The zero-order chi connectivity index (χ0) is 19.2. The van der Waals surface area contributed by atoms with Gasteiger partial charge in [-0.15, -0.1) is 0 Å². The summed E-state index contributed by atoms with van der Waals surface area (Å²) in [5, 5.41) is 0.537. The number of rotatable bonds is 7. The molecule has 27 heavy (non-hydrogen) atoms. The fourth-order valence-corrected chi connectivity index (χ4v) is 2.97. The second-order valence-electron chi connectivity index (χ2n) is 6.03. The molecule has 2 aromatic heterocycles. The van der Waals surface area contributed by atoms with Gasteiger partial charge in [0, 0.05) is 32.0 Å². The predicted octanol–water partition coefficient (Wildman–Crippen LogP) is 3.44. The molecule has 0 unspecified atom stereocenters. The minimum atomic E-state index is 0.142. The molecule has 144 valence electrons. The quantitative estimate of drug-likeness (QED) is 0.407. The van der Waals surface area contributed by atoms with Crippen LogP contribution in [-0.2, 0) is 14.2 Å². The Balaban J connectivity index is 2.06. The molecule has 0 spiro atoms. The zero-order valence-electron chi connectivity index (χ0n) is 15.6. The molecule has 1 fully saturated rings. The van der Waals surface area contributed by atoms with Crippen LogP contribution in [0.2, 0.25) is 5.02 Å². The number of allylic oxidation sites excluding steroid dienone is 2. The van der Waals surface area contributed by atoms with Crippen LogP contribution in [0.25, 0.3) is 16.6 Å². The van der Waals surface area contributed by atoms with E-state index in [-0.39, 0.29) is 6.79 Å². The lowest BCUT2D eigenvalue weighted by atomic mass is 10.1. The van der Waals surface area contributed by atoms with Crippen LogP contribution in [0.5, 0.6) is 0 Å². The predicted molar refractivity (Wildman–Crippen MR) is 106 cm³/mol. The second-order valence-corrected chi connectivity index (χ2v) is 6.47. The minimum absolute atomic E-state index is 0.142. The molecular weight excluding hydrogens is 368 g/mol. The summed E-state index contributed by atoms with van der Waals surface area (Å²) >= 11 is 6.14. The third-order valence-electron chi connectivity index (χ3n) is 4.16. The van der Waals surface area contributed by atoms with Crippen molar-refractivity contribution in [2.75, 3.05) is 45.1 Å². The van der Waals surface area contributed by atoms with Crippen molar-refractivity contribution in [1.82, 2.24) is 15.0 Å². The SMILES string of the molecule is C=C(C=C(CC)c1nc(N2CCOCC2)c2ncc(Cl)cc2n1)OCOC. The van der Waals surface area contributed by atoms with E-state index in [1.807, 2.05) is 19.1 Å². The molecule has 7 nitrogen and oxygen atoms in total. The van der Waals surface area contributed by atoms with Gasteiger partial charge in [0.25, 0.3) is 0 Å². The lowest BCUT2D eigenvalue weighted by Crippen LogP contribution is -2.37. The summed E-state index contributed by atoms with van der Waals surface area (Å²) in [5.41, 5.74) is 2.35. The van der Waals surface area contributed by atoms with Gasteiger partial charge in [-0.25, -0.2) is 15.0 Å². The summed E-state index contributed by atoms with van der Waals surface area (Å²) in [6.07, 6.45) is 4.17. The van der Waals surface area contributed by atoms with Crippen molar-refractivity contribution in [2.24, 2.45) is 0 Å². The van der Waals surface area contributed by atoms with Crippen LogP contribution in [0.3, 0.4) is 0 Å². The van der Waals surface area contributed by atoms with Crippen LogP contribution < -0.4 is 4.90 Å². The lowest BCUT2D eigenvalue weighted by molar-refractivity contribution is 0.0106. The zero-order valence-corrected chi connectivity index (χ0v) is 16.3. The Bertz CT molecular complexity index is 850. The van der Waals surface area contributed by atoms with Crippen molar-refractivity contribution in [3.05, 3.63) is 41.5 Å². The standard InChI is InChI=1S/C19H23ClN4O3/c1-4-14(9-13(2)27-12-25-3)18-22-16-10-15(20)11-21-17(16)19(23-18)24-5-7-26-8-6-24/h9-11H,2,4-8,12H2,1,3H3. The summed E-state index contributed by atoms with van der Waals surface area (Å²) in [6, 6.07) is 1.81. The maximum absolute atomic E-state index is 6.14. The molecule has 0 radical (unpaired) electrons. The smallest absolute Gasteiger partial charge is 0.188 e. The van der Waals surface area contributed by atoms with E-state index in [2.05, 4.69) is 21.4 Å². The average molecular weight is 391 g/mol. The highest BCUT2D eigenvalue weighted by Crippen LogP contribution is 2.28. The van der Waals surface area contributed by atoms with E-state index in [1.54, 1.807) is 13.3 Å². The number of aromatic nitrogens is 3. The van der Waals surface area contributed by atoms with E-state index in [0.717, 1.165) is 36.4 Å². The van der Waals surface area contributed by atoms with Crippen molar-refractivity contribution >= 4 is 34.0 Å². The number of ether oxygens (including phenoxy) is 3. The van der Waals surface area contributed by atoms with Gasteiger partial charge in [0.1, 0.15) is 11.3 Å². The molecule has 1 aliphatic heterocycles. The Morgan fingerprint density at radius 3 is 2.85 bits per heavy atom. The van der Waals surface area contributed by atoms with Gasteiger partial charge < -0.3 is 19.1 Å². The molecule has 0 aromatic carbocycles. The molecule has 1 aliphatic rings. The highest BCUT2D eigenvalue weighted by molar-refractivity contribution is 6.31. The Kier molecular flexibility index (Phi) is 6.60. The maximum Gasteiger partial charge on any atom is 0.188 e. The minimum Gasteiger partial charge on any atom is -0.468 e. The second kappa shape index (κ2) is 9.12. The van der Waals surface area contributed by atoms with Crippen LogP contribution in [0.15, 0.2) is 30.7 Å². The number of fused-ring (bicyclic) bond motifs is 1. The number of hydrogen-bond acceptors (Lipinski definition) is 7. The maximum atomic E-state index is 6.14. The van der Waals surface area contributed by atoms with Crippen LogP contribution in [-0.4, -0.2) is 55.2 Å². The Labute approximate surface area is 163 Å². The summed E-state index contributed by atoms with van der Waals surface area (Å²) in [7, 11) is 1.57. The van der Waals surface area contributed by atoms with E-state index in [1.165, 1.54) is 0 Å². The van der Waals surface area contributed by atoms with E-state index in [4.69, 9.17) is 30.8 Å². The van der Waals surface area contributed by atoms with Gasteiger partial charge in [-0.3, -0.25) is 0 Å². The molecule has 3 heterocycles. The van der Waals surface area contributed by atoms with E-state index < -0.39 is 0 Å². The number of pyridine rings is 1. The van der Waals surface area contributed by atoms with Crippen molar-refractivity contribution in [2.45, 2.75) is 13.3 Å². The molecule has 0 saturated carbocycles. The van der Waals surface area contributed by atoms with Gasteiger partial charge in [0.05, 0.1) is 23.8 Å². The third-order valence-corrected chi connectivity index (χ3v) is 4.37. The van der Waals surface area contributed by atoms with Crippen molar-refractivity contribution in [1.29, 1.82) is 0 Å². The van der Waals surface area contributed by atoms with Crippen molar-refractivity contribution < 1.29 is 14.2 Å². The molecule has 3 rings (SSSR count). The van der Waals surface area contributed by atoms with Gasteiger partial charge in [-0.2, -0.15) is 0 Å². The van der Waals surface area contributed by atoms with E-state index >= 15 is 0 Å². The molecule has 1 saturated heterocycles. The monoisotopic (exact) mass is 390 g/mol. The van der Waals surface area contributed by atoms with Gasteiger partial charge in [-0.1, -0.05) is 25.1 Å². The Hall–Kier alpha value is -2.22. The van der Waals surface area contributed by atoms with Crippen LogP contribution >= 0.6 is 11.6 Å². The first-order valence-corrected chi connectivity index (χ1v) is 9.17. The number of morpholine rings is 1. The largest absolute Gasteiger partial charge is 0.468 e. The molecule has 2 aromatic rings. The number of methoxy groups -OCH3 is 1. The fourth-order valence-electron chi connectivity index (χ4n) is 2.81. The number of hydrogen-bond donors (Lipinski definition) is 0. The normalized spacial score (nSPS) is 15.2. The van der Waals surface area contributed by atoms with Crippen LogP contribution in [0.1, 0.15) is 19.2 Å². The topological polar surface area (TPSA) is 69.6 Å². The van der Waals surface area contributed by atoms with Gasteiger partial charge in [0.15, 0.2) is 18.4 Å². The Morgan fingerprint density at radius 2 is 2.15 bits per heavy atom. The number of nitrogens with zero attached hydrogens (tertiary/aromatic N) is 4. The molecular formula is C19H23ClN4O3. The first-order chi connectivity index (χ1) is 13.1. The van der Waals surface area contributed by atoms with Gasteiger partial charge in [-0.05, 0) is 18.6 Å². The average Bonchev–Trinajstić information content (AvgIpc) is 2.70. The fraction of sp³-hybridized carbons (Fsp3) is 0.421. The van der Waals surface area contributed by atoms with E-state index in [0.29, 0.717) is 35.3 Å². The molecule has 0 bridgehead atoms. The number of halogens is 1. The summed E-state index contributed by atoms with van der Waals surface area (Å²) in [5.74, 6) is 1.89. The summed E-state index contributed by atoms with van der Waals surface area (Å²) in [4.78, 5) is 16.1. The van der Waals surface area contributed by atoms with Crippen LogP contribution in [0.4, 0.5) is 5.82 Å². The first kappa shape index (κ1) is 19.5. The highest BCUT2D eigenvalue weighted by Gasteiger charge is 2.19. The van der Waals surface area contributed by atoms with Gasteiger partial charge in [0.2, 0.25) is 0 Å². The molecule has 8 heteroatoms. The summed E-state index contributed by atoms with van der Waals surface area (Å²) in [6.45, 7) is 8.91. The molecule has 0 amide bonds. The van der Waals surface area contributed by atoms with Crippen LogP contribution in [0, 0.1) is 0 Å². The van der Waals surface area contributed by atoms with Gasteiger partial charge >= 0.3 is 0 Å². The summed E-state index contributed by atoms with van der Waals surface area (Å²) < 4.78 is 15.8. The van der Waals surface area contributed by atoms with E-state index in [9.17, 15) is 0 Å². The number of anilines is 1. The van der Waals surface area contributed by atoms with Crippen molar-refractivity contribution in [3.63, 3.8) is 0 Å². The van der Waals surface area contributed by atoms with Crippen molar-refractivity contribution in [3.8, 4) is 0 Å². The third kappa shape index (κ3) is 4.74. The molecule has 0 aliphatic carbocycles. The lowest BCUT2D eigenvalue weighted by Gasteiger charge is -2.28. The Morgan fingerprint density at radius 1 is 1.37 bits per heavy atom. The highest BCUT2D eigenvalue weighted by atomic mass is 35.5. The molecule has 0 N–H and O–H groups in total. The first-order valence-electron chi connectivity index (χ1n) is 8.80. The molecule has 0 atom stereocenters.